The van der Waals surface area contributed by atoms with Crippen LogP contribution in [0.1, 0.15) is 5.56 Å². The third-order valence-corrected chi connectivity index (χ3v) is 2.33. The van der Waals surface area contributed by atoms with Crippen molar-refractivity contribution in [2.45, 2.75) is 0 Å². The van der Waals surface area contributed by atoms with E-state index in [1.807, 2.05) is 5.32 Å². The molecule has 1 rings (SSSR count). The molecule has 0 aliphatic heterocycles. The van der Waals surface area contributed by atoms with E-state index in [1.54, 1.807) is 31.4 Å². The van der Waals surface area contributed by atoms with E-state index in [2.05, 4.69) is 10.1 Å². The zero-order valence-corrected chi connectivity index (χ0v) is 11.7. The molecule has 0 bridgehead atoms. The van der Waals surface area contributed by atoms with Gasteiger partial charge >= 0.3 is 12.0 Å². The molecule has 3 amide bonds. The van der Waals surface area contributed by atoms with Gasteiger partial charge in [0.1, 0.15) is 5.75 Å². The number of carbonyl (C=O) groups excluding carboxylic acids is 3. The Kier molecular flexibility index (Phi) is 6.46. The fraction of sp³-hybridized carbons (Fsp3) is 0.214. The molecule has 0 heterocycles. The summed E-state index contributed by atoms with van der Waals surface area (Å²) in [7, 11) is 2.91. The van der Waals surface area contributed by atoms with Gasteiger partial charge in [0.15, 0.2) is 6.61 Å². The lowest BCUT2D eigenvalue weighted by Crippen LogP contribution is -2.39. The Morgan fingerprint density at radius 3 is 2.71 bits per heavy atom. The van der Waals surface area contributed by atoms with Crippen LogP contribution in [-0.2, 0) is 14.3 Å². The number of imide groups is 1. The molecule has 7 nitrogen and oxygen atoms in total. The van der Waals surface area contributed by atoms with Gasteiger partial charge in [0.25, 0.3) is 5.91 Å². The van der Waals surface area contributed by atoms with E-state index in [1.165, 1.54) is 19.2 Å². The Balaban J connectivity index is 2.44. The number of esters is 1. The summed E-state index contributed by atoms with van der Waals surface area (Å²) < 4.78 is 9.73. The molecular weight excluding hydrogens is 276 g/mol. The topological polar surface area (TPSA) is 93.7 Å². The third-order valence-electron chi connectivity index (χ3n) is 2.33. The fourth-order valence-corrected chi connectivity index (χ4v) is 1.32. The molecule has 0 spiro atoms. The van der Waals surface area contributed by atoms with Crippen molar-refractivity contribution >= 4 is 24.0 Å². The Hall–Kier alpha value is -2.83. The van der Waals surface area contributed by atoms with Crippen molar-refractivity contribution in [3.63, 3.8) is 0 Å². The van der Waals surface area contributed by atoms with Crippen molar-refractivity contribution in [1.29, 1.82) is 0 Å². The molecule has 0 fully saturated rings. The smallest absolute Gasteiger partial charge is 0.331 e. The van der Waals surface area contributed by atoms with E-state index in [4.69, 9.17) is 4.74 Å². The zero-order chi connectivity index (χ0) is 15.7. The van der Waals surface area contributed by atoms with E-state index < -0.39 is 24.5 Å². The fourth-order valence-electron chi connectivity index (χ4n) is 1.32. The molecule has 1 aromatic rings. The van der Waals surface area contributed by atoms with Gasteiger partial charge in [-0.25, -0.2) is 9.59 Å². The lowest BCUT2D eigenvalue weighted by Gasteiger charge is -2.03. The molecule has 0 aliphatic carbocycles. The second-order valence-corrected chi connectivity index (χ2v) is 3.84. The first-order chi connectivity index (χ1) is 10.0. The van der Waals surface area contributed by atoms with Crippen LogP contribution in [0.4, 0.5) is 4.79 Å². The van der Waals surface area contributed by atoms with Crippen LogP contribution in [0.15, 0.2) is 30.3 Å². The van der Waals surface area contributed by atoms with Gasteiger partial charge in [-0.3, -0.25) is 10.1 Å². The highest BCUT2D eigenvalue weighted by Gasteiger charge is 2.07. The SMILES string of the molecule is CNC(=O)NC(=O)COC(=O)/C=C/c1cccc(OC)c1. The Morgan fingerprint density at radius 2 is 2.05 bits per heavy atom. The Bertz CT molecular complexity index is 554. The van der Waals surface area contributed by atoms with Crippen molar-refractivity contribution in [2.24, 2.45) is 0 Å². The molecule has 7 heteroatoms. The van der Waals surface area contributed by atoms with Crippen molar-refractivity contribution in [3.05, 3.63) is 35.9 Å². The number of ether oxygens (including phenoxy) is 2. The lowest BCUT2D eigenvalue weighted by atomic mass is 10.2. The molecule has 0 radical (unpaired) electrons. The highest BCUT2D eigenvalue weighted by Crippen LogP contribution is 2.13. The molecule has 2 N–H and O–H groups in total. The first kappa shape index (κ1) is 16.2. The minimum absolute atomic E-state index is 0.533. The minimum Gasteiger partial charge on any atom is -0.497 e. The lowest BCUT2D eigenvalue weighted by molar-refractivity contribution is -0.143. The normalized spacial score (nSPS) is 10.0. The maximum Gasteiger partial charge on any atom is 0.331 e. The summed E-state index contributed by atoms with van der Waals surface area (Å²) >= 11 is 0. The molecule has 21 heavy (non-hydrogen) atoms. The van der Waals surface area contributed by atoms with Gasteiger partial charge < -0.3 is 14.8 Å². The van der Waals surface area contributed by atoms with Crippen molar-refractivity contribution < 1.29 is 23.9 Å². The van der Waals surface area contributed by atoms with Gasteiger partial charge in [-0.2, -0.15) is 0 Å². The van der Waals surface area contributed by atoms with Crippen LogP contribution in [-0.4, -0.2) is 38.7 Å². The molecular formula is C14H16N2O5. The van der Waals surface area contributed by atoms with Gasteiger partial charge in [0.2, 0.25) is 0 Å². The molecule has 0 aliphatic rings. The van der Waals surface area contributed by atoms with Gasteiger partial charge in [-0.05, 0) is 23.8 Å². The summed E-state index contributed by atoms with van der Waals surface area (Å²) in [5, 5.41) is 4.17. The number of benzene rings is 1. The van der Waals surface area contributed by atoms with E-state index in [-0.39, 0.29) is 0 Å². The van der Waals surface area contributed by atoms with Crippen LogP contribution in [0.25, 0.3) is 6.08 Å². The van der Waals surface area contributed by atoms with Gasteiger partial charge in [0.05, 0.1) is 7.11 Å². The molecule has 1 aromatic carbocycles. The quantitative estimate of drug-likeness (QED) is 0.615. The number of carbonyl (C=O) groups is 3. The maximum atomic E-state index is 11.4. The van der Waals surface area contributed by atoms with E-state index in [0.717, 1.165) is 5.56 Å². The van der Waals surface area contributed by atoms with Crippen molar-refractivity contribution in [2.75, 3.05) is 20.8 Å². The number of nitrogens with one attached hydrogen (secondary N) is 2. The zero-order valence-electron chi connectivity index (χ0n) is 11.7. The van der Waals surface area contributed by atoms with Crippen LogP contribution in [0.3, 0.4) is 0 Å². The van der Waals surface area contributed by atoms with Gasteiger partial charge in [0, 0.05) is 13.1 Å². The second kappa shape index (κ2) is 8.36. The number of urea groups is 1. The van der Waals surface area contributed by atoms with E-state index in [9.17, 15) is 14.4 Å². The van der Waals surface area contributed by atoms with Crippen LogP contribution in [0.5, 0.6) is 5.75 Å². The number of amides is 3. The molecule has 0 atom stereocenters. The average Bonchev–Trinajstić information content (AvgIpc) is 2.50. The summed E-state index contributed by atoms with van der Waals surface area (Å²) in [4.78, 5) is 33.4. The molecule has 0 unspecified atom stereocenters. The number of methoxy groups -OCH3 is 1. The van der Waals surface area contributed by atoms with Crippen LogP contribution < -0.4 is 15.4 Å². The first-order valence-corrected chi connectivity index (χ1v) is 6.05. The van der Waals surface area contributed by atoms with Crippen LogP contribution in [0, 0.1) is 0 Å². The summed E-state index contributed by atoms with van der Waals surface area (Å²) in [5.41, 5.74) is 0.751. The first-order valence-electron chi connectivity index (χ1n) is 6.05. The van der Waals surface area contributed by atoms with Crippen LogP contribution >= 0.6 is 0 Å². The highest BCUT2D eigenvalue weighted by molar-refractivity contribution is 5.96. The molecule has 0 saturated heterocycles. The molecule has 0 saturated carbocycles. The number of rotatable bonds is 5. The summed E-state index contributed by atoms with van der Waals surface area (Å²) in [6.07, 6.45) is 2.71. The highest BCUT2D eigenvalue weighted by atomic mass is 16.5. The molecule has 112 valence electrons. The third kappa shape index (κ3) is 6.24. The minimum atomic E-state index is -0.711. The summed E-state index contributed by atoms with van der Waals surface area (Å²) in [6.45, 7) is -0.533. The van der Waals surface area contributed by atoms with Gasteiger partial charge in [-0.15, -0.1) is 0 Å². The predicted octanol–water partition coefficient (Wildman–Crippen LogP) is 0.707. The van der Waals surface area contributed by atoms with Crippen molar-refractivity contribution in [1.82, 2.24) is 10.6 Å². The predicted molar refractivity (Wildman–Crippen MR) is 75.6 cm³/mol. The maximum absolute atomic E-state index is 11.4. The summed E-state index contributed by atoms with van der Waals surface area (Å²) in [5.74, 6) is -0.738. The number of hydrogen-bond donors (Lipinski definition) is 2. The van der Waals surface area contributed by atoms with Gasteiger partial charge in [-0.1, -0.05) is 12.1 Å². The largest absolute Gasteiger partial charge is 0.497 e. The Labute approximate surface area is 121 Å². The van der Waals surface area contributed by atoms with Crippen molar-refractivity contribution in [3.8, 4) is 5.75 Å². The monoisotopic (exact) mass is 292 g/mol. The van der Waals surface area contributed by atoms with E-state index >= 15 is 0 Å². The van der Waals surface area contributed by atoms with Crippen LogP contribution in [0.2, 0.25) is 0 Å². The van der Waals surface area contributed by atoms with E-state index in [0.29, 0.717) is 5.75 Å². The number of hydrogen-bond acceptors (Lipinski definition) is 5. The average molecular weight is 292 g/mol. The summed E-state index contributed by atoms with van der Waals surface area (Å²) in [6, 6.07) is 6.41. The standard InChI is InChI=1S/C14H16N2O5/c1-15-14(19)16-12(17)9-21-13(18)7-6-10-4-3-5-11(8-10)20-2/h3-8H,9H2,1-2H3,(H2,15,16,17,19)/b7-6+. The second-order valence-electron chi connectivity index (χ2n) is 3.84. The Morgan fingerprint density at radius 1 is 1.29 bits per heavy atom. The molecule has 0 aromatic heterocycles.